The largest absolute Gasteiger partial charge is 0.481 e. The molecule has 0 spiro atoms. The third-order valence-corrected chi connectivity index (χ3v) is 4.58. The highest BCUT2D eigenvalue weighted by atomic mass is 19.4. The highest BCUT2D eigenvalue weighted by Gasteiger charge is 2.32. The average molecular weight is 388 g/mol. The first-order valence-electron chi connectivity index (χ1n) is 8.66. The lowest BCUT2D eigenvalue weighted by Crippen LogP contribution is -2.48. The monoisotopic (exact) mass is 388 g/mol. The summed E-state index contributed by atoms with van der Waals surface area (Å²) in [4.78, 5) is 25.1. The van der Waals surface area contributed by atoms with E-state index < -0.39 is 35.7 Å². The molecule has 1 aromatic carbocycles. The molecule has 2 atom stereocenters. The molecule has 6 nitrogen and oxygen atoms in total. The molecule has 1 aliphatic rings. The number of amides is 2. The maximum absolute atomic E-state index is 13.0. The lowest BCUT2D eigenvalue weighted by atomic mass is 9.98. The number of alkyl halides is 3. The Bertz CT molecular complexity index is 666. The normalized spacial score (nSPS) is 18.8. The number of carboxylic acids is 1. The lowest BCUT2D eigenvalue weighted by molar-refractivity contribution is -0.143. The number of nitrogens with one attached hydrogen (secondary N) is 1. The molecule has 0 aromatic heterocycles. The number of urea groups is 1. The lowest BCUT2D eigenvalue weighted by Gasteiger charge is -2.32. The summed E-state index contributed by atoms with van der Waals surface area (Å²) in [6.45, 7) is 0.745. The fraction of sp³-hybridized carbons (Fsp3) is 0.556. The van der Waals surface area contributed by atoms with Crippen molar-refractivity contribution < 1.29 is 32.6 Å². The van der Waals surface area contributed by atoms with Gasteiger partial charge in [-0.05, 0) is 37.0 Å². The van der Waals surface area contributed by atoms with Gasteiger partial charge in [0.15, 0.2) is 0 Å². The quantitative estimate of drug-likeness (QED) is 0.784. The van der Waals surface area contributed by atoms with E-state index in [9.17, 15) is 22.8 Å². The number of likely N-dealkylation sites (tertiary alicyclic amines) is 1. The van der Waals surface area contributed by atoms with Gasteiger partial charge in [-0.1, -0.05) is 12.1 Å². The molecule has 1 fully saturated rings. The third-order valence-electron chi connectivity index (χ3n) is 4.58. The van der Waals surface area contributed by atoms with E-state index in [1.807, 2.05) is 0 Å². The summed E-state index contributed by atoms with van der Waals surface area (Å²) < 4.78 is 43.9. The maximum Gasteiger partial charge on any atom is 0.416 e. The summed E-state index contributed by atoms with van der Waals surface area (Å²) in [5.41, 5.74) is -0.470. The van der Waals surface area contributed by atoms with Crippen molar-refractivity contribution in [2.45, 2.75) is 31.5 Å². The Morgan fingerprint density at radius 3 is 2.78 bits per heavy atom. The number of halogens is 3. The van der Waals surface area contributed by atoms with Crippen molar-refractivity contribution in [3.05, 3.63) is 35.4 Å². The average Bonchev–Trinajstić information content (AvgIpc) is 2.64. The molecule has 150 valence electrons. The minimum Gasteiger partial charge on any atom is -0.481 e. The summed E-state index contributed by atoms with van der Waals surface area (Å²) in [5.74, 6) is -1.59. The van der Waals surface area contributed by atoms with Crippen LogP contribution in [0, 0.1) is 5.92 Å². The van der Waals surface area contributed by atoms with Crippen LogP contribution in [-0.4, -0.2) is 48.8 Å². The molecule has 1 heterocycles. The van der Waals surface area contributed by atoms with Gasteiger partial charge in [0.25, 0.3) is 0 Å². The van der Waals surface area contributed by atoms with E-state index in [0.717, 1.165) is 12.1 Å². The SMILES string of the molecule is COCCC(NC(=O)N1CCCC(C(=O)O)C1)c1cccc(C(F)(F)F)c1. The van der Waals surface area contributed by atoms with Crippen LogP contribution < -0.4 is 5.32 Å². The van der Waals surface area contributed by atoms with Crippen molar-refractivity contribution in [3.63, 3.8) is 0 Å². The van der Waals surface area contributed by atoms with Gasteiger partial charge in [-0.3, -0.25) is 4.79 Å². The van der Waals surface area contributed by atoms with E-state index >= 15 is 0 Å². The second-order valence-electron chi connectivity index (χ2n) is 6.53. The number of rotatable bonds is 6. The van der Waals surface area contributed by atoms with Crippen molar-refractivity contribution in [1.29, 1.82) is 0 Å². The molecule has 27 heavy (non-hydrogen) atoms. The molecular formula is C18H23F3N2O4. The zero-order valence-electron chi connectivity index (χ0n) is 15.0. The predicted octanol–water partition coefficient (Wildman–Crippen LogP) is 3.29. The Labute approximate surface area is 155 Å². The summed E-state index contributed by atoms with van der Waals surface area (Å²) in [7, 11) is 1.47. The standard InChI is InChI=1S/C18H23F3N2O4/c1-27-9-7-15(12-4-2-6-14(10-12)18(19,20)21)22-17(26)23-8-3-5-13(11-23)16(24)25/h2,4,6,10,13,15H,3,5,7-9,11H2,1H3,(H,22,26)(H,24,25). The topological polar surface area (TPSA) is 78.9 Å². The minimum absolute atomic E-state index is 0.0841. The van der Waals surface area contributed by atoms with Crippen LogP contribution in [0.4, 0.5) is 18.0 Å². The summed E-state index contributed by atoms with van der Waals surface area (Å²) >= 11 is 0. The fourth-order valence-corrected chi connectivity index (χ4v) is 3.09. The number of carbonyl (C=O) groups excluding carboxylic acids is 1. The molecule has 9 heteroatoms. The zero-order chi connectivity index (χ0) is 20.0. The van der Waals surface area contributed by atoms with Crippen LogP contribution in [0.15, 0.2) is 24.3 Å². The third kappa shape index (κ3) is 5.85. The van der Waals surface area contributed by atoms with Crippen LogP contribution in [0.5, 0.6) is 0 Å². The maximum atomic E-state index is 13.0. The van der Waals surface area contributed by atoms with Gasteiger partial charge >= 0.3 is 18.2 Å². The predicted molar refractivity (Wildman–Crippen MR) is 91.1 cm³/mol. The molecule has 2 N–H and O–H groups in total. The molecule has 1 aromatic rings. The Morgan fingerprint density at radius 2 is 2.15 bits per heavy atom. The summed E-state index contributed by atoms with van der Waals surface area (Å²) in [6.07, 6.45) is -3.12. The molecule has 2 rings (SSSR count). The molecule has 0 bridgehead atoms. The van der Waals surface area contributed by atoms with Crippen molar-refractivity contribution in [2.75, 3.05) is 26.8 Å². The van der Waals surface area contributed by atoms with Gasteiger partial charge in [-0.15, -0.1) is 0 Å². The first kappa shape index (κ1) is 21.0. The van der Waals surface area contributed by atoms with Gasteiger partial charge in [0.05, 0.1) is 17.5 Å². The van der Waals surface area contributed by atoms with Crippen molar-refractivity contribution >= 4 is 12.0 Å². The van der Waals surface area contributed by atoms with Crippen molar-refractivity contribution in [3.8, 4) is 0 Å². The van der Waals surface area contributed by atoms with Gasteiger partial charge in [-0.2, -0.15) is 13.2 Å². The minimum atomic E-state index is -4.48. The Morgan fingerprint density at radius 1 is 1.41 bits per heavy atom. The van der Waals surface area contributed by atoms with Crippen molar-refractivity contribution in [2.24, 2.45) is 5.92 Å². The van der Waals surface area contributed by atoms with Gasteiger partial charge in [0.2, 0.25) is 0 Å². The number of benzene rings is 1. The number of nitrogens with zero attached hydrogens (tertiary/aromatic N) is 1. The van der Waals surface area contributed by atoms with E-state index in [2.05, 4.69) is 5.32 Å². The molecule has 0 aliphatic carbocycles. The highest BCUT2D eigenvalue weighted by Crippen LogP contribution is 2.31. The van der Waals surface area contributed by atoms with Crippen LogP contribution in [0.3, 0.4) is 0 Å². The number of ether oxygens (including phenoxy) is 1. The van der Waals surface area contributed by atoms with E-state index in [4.69, 9.17) is 9.84 Å². The molecule has 0 radical (unpaired) electrons. The molecular weight excluding hydrogens is 365 g/mol. The van der Waals surface area contributed by atoms with Crippen LogP contribution >= 0.6 is 0 Å². The Kier molecular flexibility index (Phi) is 7.06. The number of methoxy groups -OCH3 is 1. The Hall–Kier alpha value is -2.29. The number of carbonyl (C=O) groups is 2. The molecule has 0 saturated carbocycles. The van der Waals surface area contributed by atoms with Crippen LogP contribution in [0.1, 0.15) is 36.4 Å². The van der Waals surface area contributed by atoms with Crippen molar-refractivity contribution in [1.82, 2.24) is 10.2 Å². The number of hydrogen-bond donors (Lipinski definition) is 2. The first-order valence-corrected chi connectivity index (χ1v) is 8.66. The van der Waals surface area contributed by atoms with Gasteiger partial charge in [0.1, 0.15) is 0 Å². The van der Waals surface area contributed by atoms with E-state index in [1.54, 1.807) is 0 Å². The fourth-order valence-electron chi connectivity index (χ4n) is 3.09. The van der Waals surface area contributed by atoms with E-state index in [-0.39, 0.29) is 13.2 Å². The van der Waals surface area contributed by atoms with Crippen LogP contribution in [0.2, 0.25) is 0 Å². The van der Waals surface area contributed by atoms with E-state index in [1.165, 1.54) is 24.1 Å². The molecule has 1 aliphatic heterocycles. The number of piperidine rings is 1. The number of carboxylic acid groups (broad SMARTS) is 1. The van der Waals surface area contributed by atoms with Crippen LogP contribution in [-0.2, 0) is 15.7 Å². The van der Waals surface area contributed by atoms with Gasteiger partial charge in [-0.25, -0.2) is 4.79 Å². The van der Waals surface area contributed by atoms with Gasteiger partial charge < -0.3 is 20.1 Å². The summed E-state index contributed by atoms with van der Waals surface area (Å²) in [5, 5.41) is 11.9. The molecule has 2 amide bonds. The zero-order valence-corrected chi connectivity index (χ0v) is 15.0. The second-order valence-corrected chi connectivity index (χ2v) is 6.53. The number of hydrogen-bond acceptors (Lipinski definition) is 3. The van der Waals surface area contributed by atoms with E-state index in [0.29, 0.717) is 31.4 Å². The Balaban J connectivity index is 2.14. The molecule has 2 unspecified atom stereocenters. The smallest absolute Gasteiger partial charge is 0.416 e. The summed E-state index contributed by atoms with van der Waals surface area (Å²) in [6, 6.07) is 3.64. The van der Waals surface area contributed by atoms with Gasteiger partial charge in [0, 0.05) is 26.8 Å². The molecule has 1 saturated heterocycles. The highest BCUT2D eigenvalue weighted by molar-refractivity contribution is 5.77. The first-order chi connectivity index (χ1) is 12.7. The number of aliphatic carboxylic acids is 1. The second kappa shape index (κ2) is 9.07. The van der Waals surface area contributed by atoms with Crippen LogP contribution in [0.25, 0.3) is 0 Å².